The Balaban J connectivity index is 2.71. The first-order valence-corrected chi connectivity index (χ1v) is 5.03. The van der Waals surface area contributed by atoms with E-state index in [1.807, 2.05) is 18.2 Å². The highest BCUT2D eigenvalue weighted by Crippen LogP contribution is 2.17. The molecule has 0 aliphatic carbocycles. The van der Waals surface area contributed by atoms with E-state index in [0.29, 0.717) is 6.54 Å². The molecule has 0 aliphatic heterocycles. The van der Waals surface area contributed by atoms with E-state index in [0.717, 1.165) is 5.56 Å². The lowest BCUT2D eigenvalue weighted by atomic mass is 9.94. The topological polar surface area (TPSA) is 57.0 Å². The normalized spacial score (nSPS) is 10.6. The number of nitrogens with zero attached hydrogens (tertiary/aromatic N) is 3. The first-order valence-electron chi connectivity index (χ1n) is 5.03. The summed E-state index contributed by atoms with van der Waals surface area (Å²) in [6.07, 6.45) is 3.37. The molecule has 4 heteroatoms. The number of hydrogen-bond acceptors (Lipinski definition) is 3. The van der Waals surface area contributed by atoms with Gasteiger partial charge in [0.15, 0.2) is 0 Å². The Morgan fingerprint density at radius 2 is 2.06 bits per heavy atom. The number of carbonyl (C=O) groups is 1. The Kier molecular flexibility index (Phi) is 3.62. The minimum atomic E-state index is -0.970. The van der Waals surface area contributed by atoms with Gasteiger partial charge >= 0.3 is 0 Å². The van der Waals surface area contributed by atoms with E-state index in [1.54, 1.807) is 38.2 Å². The molecule has 1 heterocycles. The van der Waals surface area contributed by atoms with E-state index in [4.69, 9.17) is 5.26 Å². The van der Waals surface area contributed by atoms with Crippen LogP contribution in [0.5, 0.6) is 0 Å². The van der Waals surface area contributed by atoms with Crippen LogP contribution in [0.3, 0.4) is 0 Å². The minimum absolute atomic E-state index is 0.174. The summed E-state index contributed by atoms with van der Waals surface area (Å²) in [5, 5.41) is 8.87. The number of hydrogen-bond donors (Lipinski definition) is 0. The SMILES string of the molecule is CN(Cc1ccncc1)C(=O)C(C)(C)C#N. The van der Waals surface area contributed by atoms with Crippen molar-refractivity contribution >= 4 is 5.91 Å². The maximum atomic E-state index is 11.9. The van der Waals surface area contributed by atoms with Crippen LogP contribution in [-0.2, 0) is 11.3 Å². The molecule has 0 aliphatic rings. The summed E-state index contributed by atoms with van der Waals surface area (Å²) in [6.45, 7) is 3.74. The van der Waals surface area contributed by atoms with Crippen molar-refractivity contribution in [2.75, 3.05) is 7.05 Å². The van der Waals surface area contributed by atoms with Crippen LogP contribution in [0, 0.1) is 16.7 Å². The smallest absolute Gasteiger partial charge is 0.242 e. The van der Waals surface area contributed by atoms with Gasteiger partial charge in [-0.2, -0.15) is 5.26 Å². The van der Waals surface area contributed by atoms with E-state index in [9.17, 15) is 4.79 Å². The van der Waals surface area contributed by atoms with Crippen LogP contribution >= 0.6 is 0 Å². The molecular weight excluding hydrogens is 202 g/mol. The van der Waals surface area contributed by atoms with Gasteiger partial charge in [0.2, 0.25) is 5.91 Å². The lowest BCUT2D eigenvalue weighted by molar-refractivity contribution is -0.136. The molecule has 0 N–H and O–H groups in total. The highest BCUT2D eigenvalue weighted by atomic mass is 16.2. The first kappa shape index (κ1) is 12.2. The van der Waals surface area contributed by atoms with E-state index in [-0.39, 0.29) is 5.91 Å². The van der Waals surface area contributed by atoms with Crippen LogP contribution < -0.4 is 0 Å². The van der Waals surface area contributed by atoms with E-state index < -0.39 is 5.41 Å². The van der Waals surface area contributed by atoms with Crippen molar-refractivity contribution in [3.63, 3.8) is 0 Å². The quantitative estimate of drug-likeness (QED) is 0.772. The molecule has 4 nitrogen and oxygen atoms in total. The highest BCUT2D eigenvalue weighted by molar-refractivity contribution is 5.84. The van der Waals surface area contributed by atoms with Crippen LogP contribution in [-0.4, -0.2) is 22.8 Å². The number of rotatable bonds is 3. The molecule has 1 rings (SSSR count). The predicted octanol–water partition coefficient (Wildman–Crippen LogP) is 1.59. The molecule has 1 aromatic heterocycles. The van der Waals surface area contributed by atoms with Crippen molar-refractivity contribution in [2.45, 2.75) is 20.4 Å². The van der Waals surface area contributed by atoms with Gasteiger partial charge in [0.05, 0.1) is 6.07 Å². The average molecular weight is 217 g/mol. The number of nitriles is 1. The van der Waals surface area contributed by atoms with Crippen molar-refractivity contribution in [1.82, 2.24) is 9.88 Å². The molecule has 0 saturated carbocycles. The van der Waals surface area contributed by atoms with Crippen LogP contribution in [0.25, 0.3) is 0 Å². The molecular formula is C12H15N3O. The van der Waals surface area contributed by atoms with Gasteiger partial charge in [-0.05, 0) is 31.5 Å². The van der Waals surface area contributed by atoms with Crippen molar-refractivity contribution in [3.8, 4) is 6.07 Å². The molecule has 0 unspecified atom stereocenters. The second-order valence-corrected chi connectivity index (χ2v) is 4.25. The van der Waals surface area contributed by atoms with Crippen LogP contribution in [0.2, 0.25) is 0 Å². The van der Waals surface area contributed by atoms with Crippen molar-refractivity contribution in [3.05, 3.63) is 30.1 Å². The Hall–Kier alpha value is -1.89. The third kappa shape index (κ3) is 2.80. The monoisotopic (exact) mass is 217 g/mol. The highest BCUT2D eigenvalue weighted by Gasteiger charge is 2.30. The van der Waals surface area contributed by atoms with Gasteiger partial charge in [-0.15, -0.1) is 0 Å². The first-order chi connectivity index (χ1) is 7.47. The lowest BCUT2D eigenvalue weighted by Gasteiger charge is -2.23. The van der Waals surface area contributed by atoms with Gasteiger partial charge < -0.3 is 4.90 Å². The maximum Gasteiger partial charge on any atom is 0.242 e. The predicted molar refractivity (Wildman–Crippen MR) is 60.1 cm³/mol. The van der Waals surface area contributed by atoms with E-state index in [2.05, 4.69) is 4.98 Å². The zero-order valence-electron chi connectivity index (χ0n) is 9.77. The molecule has 0 aromatic carbocycles. The number of carbonyl (C=O) groups excluding carboxylic acids is 1. The molecule has 16 heavy (non-hydrogen) atoms. The maximum absolute atomic E-state index is 11.9. The number of amides is 1. The van der Waals surface area contributed by atoms with Crippen molar-refractivity contribution in [2.24, 2.45) is 5.41 Å². The summed E-state index contributed by atoms with van der Waals surface area (Å²) in [5.74, 6) is -0.174. The second kappa shape index (κ2) is 4.75. The molecule has 0 spiro atoms. The Morgan fingerprint density at radius 1 is 1.50 bits per heavy atom. The summed E-state index contributed by atoms with van der Waals surface area (Å²) < 4.78 is 0. The second-order valence-electron chi connectivity index (χ2n) is 4.25. The zero-order chi connectivity index (χ0) is 12.2. The van der Waals surface area contributed by atoms with E-state index >= 15 is 0 Å². The largest absolute Gasteiger partial charge is 0.340 e. The standard InChI is InChI=1S/C12H15N3O/c1-12(2,9-13)11(16)15(3)8-10-4-6-14-7-5-10/h4-7H,8H2,1-3H3. The third-order valence-corrected chi connectivity index (χ3v) is 2.33. The van der Waals surface area contributed by atoms with Gasteiger partial charge in [0.1, 0.15) is 5.41 Å². The Labute approximate surface area is 95.5 Å². The molecule has 0 radical (unpaired) electrons. The number of aromatic nitrogens is 1. The van der Waals surface area contributed by atoms with Crippen LogP contribution in [0.1, 0.15) is 19.4 Å². The molecule has 1 amide bonds. The zero-order valence-corrected chi connectivity index (χ0v) is 9.77. The fourth-order valence-electron chi connectivity index (χ4n) is 1.36. The molecule has 0 saturated heterocycles. The van der Waals surface area contributed by atoms with E-state index in [1.165, 1.54) is 0 Å². The van der Waals surface area contributed by atoms with Gasteiger partial charge in [-0.3, -0.25) is 9.78 Å². The van der Waals surface area contributed by atoms with Gasteiger partial charge in [-0.1, -0.05) is 0 Å². The Bertz CT molecular complexity index is 406. The summed E-state index contributed by atoms with van der Waals surface area (Å²) in [7, 11) is 1.70. The molecule has 1 aromatic rings. The minimum Gasteiger partial charge on any atom is -0.340 e. The van der Waals surface area contributed by atoms with Crippen LogP contribution in [0.4, 0.5) is 0 Å². The van der Waals surface area contributed by atoms with Crippen molar-refractivity contribution < 1.29 is 4.79 Å². The third-order valence-electron chi connectivity index (χ3n) is 2.33. The van der Waals surface area contributed by atoms with Gasteiger partial charge in [0, 0.05) is 26.0 Å². The average Bonchev–Trinajstić information content (AvgIpc) is 2.29. The molecule has 0 atom stereocenters. The molecule has 84 valence electrons. The summed E-state index contributed by atoms with van der Waals surface area (Å²) >= 11 is 0. The van der Waals surface area contributed by atoms with Gasteiger partial charge in [-0.25, -0.2) is 0 Å². The van der Waals surface area contributed by atoms with Gasteiger partial charge in [0.25, 0.3) is 0 Å². The number of pyridine rings is 1. The fourth-order valence-corrected chi connectivity index (χ4v) is 1.36. The van der Waals surface area contributed by atoms with Crippen LogP contribution in [0.15, 0.2) is 24.5 Å². The summed E-state index contributed by atoms with van der Waals surface area (Å²) in [4.78, 5) is 17.3. The molecule has 0 bridgehead atoms. The fraction of sp³-hybridized carbons (Fsp3) is 0.417. The summed E-state index contributed by atoms with van der Waals surface area (Å²) in [5.41, 5.74) is 0.0292. The van der Waals surface area contributed by atoms with Crippen molar-refractivity contribution in [1.29, 1.82) is 5.26 Å². The lowest BCUT2D eigenvalue weighted by Crippen LogP contribution is -2.37. The Morgan fingerprint density at radius 3 is 2.56 bits per heavy atom. The molecule has 0 fully saturated rings. The summed E-state index contributed by atoms with van der Waals surface area (Å²) in [6, 6.07) is 5.70.